The van der Waals surface area contributed by atoms with Crippen LogP contribution < -0.4 is 0 Å². The van der Waals surface area contributed by atoms with Crippen molar-refractivity contribution in [2.75, 3.05) is 33.3 Å². The molecular formula is C17H25N5O2. The van der Waals surface area contributed by atoms with E-state index in [0.29, 0.717) is 18.3 Å². The zero-order valence-electron chi connectivity index (χ0n) is 14.4. The molecule has 7 heteroatoms. The number of hydrogen-bond donors (Lipinski definition) is 0. The van der Waals surface area contributed by atoms with Crippen molar-refractivity contribution in [3.8, 4) is 0 Å². The van der Waals surface area contributed by atoms with Crippen molar-refractivity contribution in [1.82, 2.24) is 24.9 Å². The average Bonchev–Trinajstić information content (AvgIpc) is 2.97. The molecule has 1 aliphatic heterocycles. The second-order valence-corrected chi connectivity index (χ2v) is 6.19. The maximum atomic E-state index is 5.35. The Bertz CT molecular complexity index is 618. The Hall–Kier alpha value is -1.83. The van der Waals surface area contributed by atoms with Gasteiger partial charge < -0.3 is 9.26 Å². The highest BCUT2D eigenvalue weighted by Gasteiger charge is 2.19. The molecule has 0 spiro atoms. The summed E-state index contributed by atoms with van der Waals surface area (Å²) in [5.41, 5.74) is 1.26. The lowest BCUT2D eigenvalue weighted by atomic mass is 10.2. The molecule has 0 N–H and O–H groups in total. The number of hydrogen-bond acceptors (Lipinski definition) is 7. The fourth-order valence-corrected chi connectivity index (χ4v) is 2.88. The molecule has 0 bridgehead atoms. The highest BCUT2D eigenvalue weighted by molar-refractivity contribution is 5.08. The van der Waals surface area contributed by atoms with Crippen molar-refractivity contribution in [3.05, 3.63) is 41.8 Å². The van der Waals surface area contributed by atoms with Crippen LogP contribution in [0.5, 0.6) is 0 Å². The van der Waals surface area contributed by atoms with Gasteiger partial charge in [-0.2, -0.15) is 4.98 Å². The lowest BCUT2D eigenvalue weighted by Crippen LogP contribution is -2.30. The Morgan fingerprint density at radius 3 is 2.71 bits per heavy atom. The van der Waals surface area contributed by atoms with Crippen LogP contribution in [0.15, 0.2) is 29.0 Å². The summed E-state index contributed by atoms with van der Waals surface area (Å²) in [6, 6.07) is 4.13. The molecule has 2 aromatic rings. The third kappa shape index (κ3) is 4.59. The van der Waals surface area contributed by atoms with E-state index in [1.54, 1.807) is 7.11 Å². The van der Waals surface area contributed by atoms with Crippen LogP contribution in [0.3, 0.4) is 0 Å². The minimum atomic E-state index is -0.137. The van der Waals surface area contributed by atoms with E-state index < -0.39 is 0 Å². The molecule has 0 amide bonds. The van der Waals surface area contributed by atoms with Gasteiger partial charge in [0.05, 0.1) is 6.54 Å². The maximum Gasteiger partial charge on any atom is 0.240 e. The van der Waals surface area contributed by atoms with Gasteiger partial charge in [-0.1, -0.05) is 11.2 Å². The lowest BCUT2D eigenvalue weighted by molar-refractivity contribution is 0.109. The normalized spacial score (nSPS) is 18.4. The van der Waals surface area contributed by atoms with Gasteiger partial charge in [-0.05, 0) is 38.1 Å². The van der Waals surface area contributed by atoms with Gasteiger partial charge in [-0.25, -0.2) is 0 Å². The summed E-state index contributed by atoms with van der Waals surface area (Å²) in [6.45, 7) is 7.74. The third-order valence-corrected chi connectivity index (χ3v) is 4.37. The van der Waals surface area contributed by atoms with Crippen LogP contribution in [-0.4, -0.2) is 58.2 Å². The first-order valence-corrected chi connectivity index (χ1v) is 8.43. The summed E-state index contributed by atoms with van der Waals surface area (Å²) in [5.74, 6) is 1.27. The van der Waals surface area contributed by atoms with Crippen molar-refractivity contribution in [1.29, 1.82) is 0 Å². The number of pyridine rings is 1. The number of nitrogens with zero attached hydrogens (tertiary/aromatic N) is 5. The molecule has 0 saturated carbocycles. The SMILES string of the molecule is CO[C@H](C)c1noc(CN2CCCN(Cc3cccnc3)CC2)n1. The Morgan fingerprint density at radius 1 is 1.21 bits per heavy atom. The zero-order chi connectivity index (χ0) is 16.8. The molecule has 0 aliphatic carbocycles. The molecule has 130 valence electrons. The molecule has 3 heterocycles. The topological polar surface area (TPSA) is 67.5 Å². The largest absolute Gasteiger partial charge is 0.374 e. The first kappa shape index (κ1) is 17.0. The zero-order valence-corrected chi connectivity index (χ0v) is 14.4. The summed E-state index contributed by atoms with van der Waals surface area (Å²) in [7, 11) is 1.65. The maximum absolute atomic E-state index is 5.35. The molecule has 1 fully saturated rings. The van der Waals surface area contributed by atoms with Crippen LogP contribution in [0, 0.1) is 0 Å². The minimum absolute atomic E-state index is 0.137. The summed E-state index contributed by atoms with van der Waals surface area (Å²) in [6.07, 6.45) is 4.76. The van der Waals surface area contributed by atoms with Gasteiger partial charge in [0.1, 0.15) is 6.10 Å². The predicted molar refractivity (Wildman–Crippen MR) is 89.1 cm³/mol. The fourth-order valence-electron chi connectivity index (χ4n) is 2.88. The van der Waals surface area contributed by atoms with Crippen molar-refractivity contribution in [2.24, 2.45) is 0 Å². The summed E-state index contributed by atoms with van der Waals surface area (Å²) in [5, 5.41) is 3.99. The Morgan fingerprint density at radius 2 is 2.00 bits per heavy atom. The van der Waals surface area contributed by atoms with Crippen molar-refractivity contribution >= 4 is 0 Å². The van der Waals surface area contributed by atoms with Crippen molar-refractivity contribution in [3.63, 3.8) is 0 Å². The fraction of sp³-hybridized carbons (Fsp3) is 0.588. The molecule has 0 radical (unpaired) electrons. The Balaban J connectivity index is 1.51. The van der Waals surface area contributed by atoms with Gasteiger partial charge in [-0.15, -0.1) is 0 Å². The van der Waals surface area contributed by atoms with Crippen molar-refractivity contribution in [2.45, 2.75) is 32.5 Å². The summed E-state index contributed by atoms with van der Waals surface area (Å²) >= 11 is 0. The second-order valence-electron chi connectivity index (χ2n) is 6.19. The quantitative estimate of drug-likeness (QED) is 0.800. The van der Waals surface area contributed by atoms with E-state index in [1.165, 1.54) is 5.56 Å². The second kappa shape index (κ2) is 8.32. The summed E-state index contributed by atoms with van der Waals surface area (Å²) in [4.78, 5) is 13.5. The monoisotopic (exact) mass is 331 g/mol. The molecular weight excluding hydrogens is 306 g/mol. The van der Waals surface area contributed by atoms with E-state index in [1.807, 2.05) is 25.4 Å². The Kier molecular flexibility index (Phi) is 5.90. The van der Waals surface area contributed by atoms with E-state index in [2.05, 4.69) is 31.0 Å². The van der Waals surface area contributed by atoms with Crippen LogP contribution in [0.4, 0.5) is 0 Å². The van der Waals surface area contributed by atoms with Gasteiger partial charge in [0.15, 0.2) is 5.82 Å². The molecule has 0 unspecified atom stereocenters. The predicted octanol–water partition coefficient (Wildman–Crippen LogP) is 1.88. The number of rotatable bonds is 6. The van der Waals surface area contributed by atoms with Gasteiger partial charge in [0.2, 0.25) is 5.89 Å². The summed E-state index contributed by atoms with van der Waals surface area (Å²) < 4.78 is 10.6. The number of ether oxygens (including phenoxy) is 1. The van der Waals surface area contributed by atoms with E-state index in [-0.39, 0.29) is 6.10 Å². The van der Waals surface area contributed by atoms with Crippen molar-refractivity contribution < 1.29 is 9.26 Å². The van der Waals surface area contributed by atoms with Crippen LogP contribution in [0.25, 0.3) is 0 Å². The van der Waals surface area contributed by atoms with Crippen LogP contribution in [0.1, 0.15) is 36.7 Å². The highest BCUT2D eigenvalue weighted by atomic mass is 16.5. The molecule has 2 aromatic heterocycles. The smallest absolute Gasteiger partial charge is 0.240 e. The van der Waals surface area contributed by atoms with E-state index in [0.717, 1.165) is 39.1 Å². The van der Waals surface area contributed by atoms with Gasteiger partial charge in [0, 0.05) is 39.1 Å². The average molecular weight is 331 g/mol. The number of methoxy groups -OCH3 is 1. The number of aromatic nitrogens is 3. The molecule has 24 heavy (non-hydrogen) atoms. The van der Waals surface area contributed by atoms with E-state index in [9.17, 15) is 0 Å². The third-order valence-electron chi connectivity index (χ3n) is 4.37. The van der Waals surface area contributed by atoms with Crippen LogP contribution >= 0.6 is 0 Å². The molecule has 1 aliphatic rings. The van der Waals surface area contributed by atoms with E-state index in [4.69, 9.17) is 9.26 Å². The van der Waals surface area contributed by atoms with Gasteiger partial charge in [0.25, 0.3) is 0 Å². The first-order chi connectivity index (χ1) is 11.7. The van der Waals surface area contributed by atoms with Crippen LogP contribution in [0.2, 0.25) is 0 Å². The molecule has 3 rings (SSSR count). The first-order valence-electron chi connectivity index (χ1n) is 8.43. The van der Waals surface area contributed by atoms with E-state index >= 15 is 0 Å². The molecule has 7 nitrogen and oxygen atoms in total. The minimum Gasteiger partial charge on any atom is -0.374 e. The van der Waals surface area contributed by atoms with Crippen LogP contribution in [-0.2, 0) is 17.8 Å². The van der Waals surface area contributed by atoms with Gasteiger partial charge >= 0.3 is 0 Å². The standard InChI is InChI=1S/C17H25N5O2/c1-14(23-2)17-19-16(24-20-17)13-22-8-4-7-21(9-10-22)12-15-5-3-6-18-11-15/h3,5-6,11,14H,4,7-10,12-13H2,1-2H3/t14-/m1/s1. The molecule has 0 aromatic carbocycles. The Labute approximate surface area is 142 Å². The molecule has 1 saturated heterocycles. The molecule has 1 atom stereocenters. The van der Waals surface area contributed by atoms with Gasteiger partial charge in [-0.3, -0.25) is 14.8 Å². The lowest BCUT2D eigenvalue weighted by Gasteiger charge is -2.20. The highest BCUT2D eigenvalue weighted by Crippen LogP contribution is 2.14.